The van der Waals surface area contributed by atoms with Crippen LogP contribution in [0.3, 0.4) is 0 Å². The first-order valence-corrected chi connectivity index (χ1v) is 11.2. The minimum Gasteiger partial charge on any atom is -0.494 e. The maximum atomic E-state index is 11.0. The molecule has 0 bridgehead atoms. The molecule has 0 unspecified atom stereocenters. The van der Waals surface area contributed by atoms with E-state index in [0.717, 1.165) is 16.9 Å². The van der Waals surface area contributed by atoms with E-state index in [0.29, 0.717) is 36.0 Å². The van der Waals surface area contributed by atoms with Gasteiger partial charge in [0, 0.05) is 0 Å². The van der Waals surface area contributed by atoms with E-state index < -0.39 is 37.0 Å². The second kappa shape index (κ2) is 9.87. The quantitative estimate of drug-likeness (QED) is 0.257. The lowest BCUT2D eigenvalue weighted by Gasteiger charge is -2.45. The van der Waals surface area contributed by atoms with Crippen molar-refractivity contribution in [2.45, 2.75) is 57.1 Å². The third-order valence-electron chi connectivity index (χ3n) is 5.97. The Balaban J connectivity index is 1.61. The van der Waals surface area contributed by atoms with Crippen molar-refractivity contribution in [1.29, 1.82) is 0 Å². The summed E-state index contributed by atoms with van der Waals surface area (Å²) in [6, 6.07) is 11.3. The van der Waals surface area contributed by atoms with Crippen molar-refractivity contribution in [3.63, 3.8) is 0 Å². The largest absolute Gasteiger partial charge is 0.494 e. The predicted octanol–water partition coefficient (Wildman–Crippen LogP) is 0.554. The SMILES string of the molecule is CCOc1ccc(CCc2n[nH]c3cc(C)cc(O[C@]4(O)[C@@H](O)O[C@H](CO)[C@@H](O)[C@@H]4O)c23)cc1. The van der Waals surface area contributed by atoms with Gasteiger partial charge in [-0.05, 0) is 62.1 Å². The monoisotopic (exact) mass is 474 g/mol. The number of aliphatic hydroxyl groups excluding tert-OH is 4. The normalized spacial score (nSPS) is 27.1. The van der Waals surface area contributed by atoms with Crippen LogP contribution in [-0.4, -0.2) is 79.3 Å². The van der Waals surface area contributed by atoms with Crippen LogP contribution < -0.4 is 9.47 Å². The summed E-state index contributed by atoms with van der Waals surface area (Å²) in [6.07, 6.45) is -5.69. The number of fused-ring (bicyclic) bond motifs is 1. The Morgan fingerprint density at radius 3 is 2.53 bits per heavy atom. The molecule has 1 aliphatic rings. The highest BCUT2D eigenvalue weighted by Crippen LogP contribution is 2.37. The zero-order chi connectivity index (χ0) is 24.5. The van der Waals surface area contributed by atoms with Crippen molar-refractivity contribution < 1.29 is 39.7 Å². The van der Waals surface area contributed by atoms with E-state index in [-0.39, 0.29) is 5.75 Å². The van der Waals surface area contributed by atoms with Gasteiger partial charge in [0.25, 0.3) is 5.79 Å². The summed E-state index contributed by atoms with van der Waals surface area (Å²) < 4.78 is 16.3. The van der Waals surface area contributed by atoms with Crippen LogP contribution in [0.5, 0.6) is 11.5 Å². The third-order valence-corrected chi connectivity index (χ3v) is 5.97. The van der Waals surface area contributed by atoms with Crippen molar-refractivity contribution in [2.75, 3.05) is 13.2 Å². The maximum Gasteiger partial charge on any atom is 0.288 e. The molecule has 0 amide bonds. The van der Waals surface area contributed by atoms with Gasteiger partial charge in [0.2, 0.25) is 6.29 Å². The Labute approximate surface area is 196 Å². The van der Waals surface area contributed by atoms with Gasteiger partial charge in [0.15, 0.2) is 6.10 Å². The van der Waals surface area contributed by atoms with Crippen molar-refractivity contribution in [1.82, 2.24) is 10.2 Å². The lowest BCUT2D eigenvalue weighted by molar-refractivity contribution is -0.385. The molecule has 2 aromatic carbocycles. The van der Waals surface area contributed by atoms with Gasteiger partial charge in [-0.15, -0.1) is 0 Å². The van der Waals surface area contributed by atoms with Crippen LogP contribution in [0.4, 0.5) is 0 Å². The maximum absolute atomic E-state index is 11.0. The van der Waals surface area contributed by atoms with E-state index >= 15 is 0 Å². The molecular formula is C24H30N2O8. The average Bonchev–Trinajstić information content (AvgIpc) is 3.23. The fraction of sp³-hybridized carbons (Fsp3) is 0.458. The van der Waals surface area contributed by atoms with Gasteiger partial charge in [0.1, 0.15) is 23.7 Å². The smallest absolute Gasteiger partial charge is 0.288 e. The third kappa shape index (κ3) is 4.61. The molecule has 10 nitrogen and oxygen atoms in total. The van der Waals surface area contributed by atoms with E-state index in [1.165, 1.54) is 0 Å². The van der Waals surface area contributed by atoms with Gasteiger partial charge >= 0.3 is 0 Å². The highest BCUT2D eigenvalue weighted by molar-refractivity contribution is 5.88. The molecule has 0 radical (unpaired) electrons. The molecule has 1 aliphatic heterocycles. The summed E-state index contributed by atoms with van der Waals surface area (Å²) in [5.74, 6) is -1.72. The van der Waals surface area contributed by atoms with Crippen molar-refractivity contribution in [3.8, 4) is 11.5 Å². The van der Waals surface area contributed by atoms with Crippen LogP contribution in [0.25, 0.3) is 10.9 Å². The molecule has 0 aliphatic carbocycles. The number of hydrogen-bond donors (Lipinski definition) is 6. The average molecular weight is 475 g/mol. The number of H-pyrrole nitrogens is 1. The van der Waals surface area contributed by atoms with Gasteiger partial charge in [-0.2, -0.15) is 5.10 Å². The van der Waals surface area contributed by atoms with E-state index in [1.54, 1.807) is 6.07 Å². The van der Waals surface area contributed by atoms with Crippen LogP contribution in [0.2, 0.25) is 0 Å². The van der Waals surface area contributed by atoms with Gasteiger partial charge < -0.3 is 39.7 Å². The Morgan fingerprint density at radius 1 is 1.12 bits per heavy atom. The number of hydrogen-bond acceptors (Lipinski definition) is 9. The molecule has 6 N–H and O–H groups in total. The number of aliphatic hydroxyl groups is 5. The predicted molar refractivity (Wildman–Crippen MR) is 121 cm³/mol. The molecule has 4 rings (SSSR count). The standard InChI is InChI=1S/C24H30N2O8/c1-3-32-15-7-4-14(5-8-15)6-9-16-20-17(26-25-16)10-13(2)11-18(20)34-24(31)22(29)21(28)19(12-27)33-23(24)30/h4-5,7-8,10-11,19,21-23,27-31H,3,6,9,12H2,1-2H3,(H,25,26)/t19-,21-,22+,23+,24+/m1/s1. The second-order valence-electron chi connectivity index (χ2n) is 8.43. The van der Waals surface area contributed by atoms with E-state index in [4.69, 9.17) is 14.2 Å². The molecule has 2 heterocycles. The number of aryl methyl sites for hydroxylation is 3. The lowest BCUT2D eigenvalue weighted by atomic mass is 9.95. The van der Waals surface area contributed by atoms with Crippen LogP contribution in [-0.2, 0) is 17.6 Å². The number of nitrogens with one attached hydrogen (secondary N) is 1. The molecule has 0 saturated carbocycles. The van der Waals surface area contributed by atoms with E-state index in [9.17, 15) is 25.5 Å². The van der Waals surface area contributed by atoms with Crippen LogP contribution >= 0.6 is 0 Å². The first-order chi connectivity index (χ1) is 16.3. The van der Waals surface area contributed by atoms with Crippen LogP contribution in [0.15, 0.2) is 36.4 Å². The number of ether oxygens (including phenoxy) is 3. The topological polar surface area (TPSA) is 158 Å². The summed E-state index contributed by atoms with van der Waals surface area (Å²) in [4.78, 5) is 0. The highest BCUT2D eigenvalue weighted by atomic mass is 16.7. The fourth-order valence-corrected chi connectivity index (χ4v) is 4.14. The first-order valence-electron chi connectivity index (χ1n) is 11.2. The Hall–Kier alpha value is -2.73. The first kappa shape index (κ1) is 24.4. The highest BCUT2D eigenvalue weighted by Gasteiger charge is 2.57. The van der Waals surface area contributed by atoms with Gasteiger partial charge in [-0.3, -0.25) is 5.10 Å². The van der Waals surface area contributed by atoms with Crippen LogP contribution in [0.1, 0.15) is 23.7 Å². The molecule has 10 heteroatoms. The summed E-state index contributed by atoms with van der Waals surface area (Å²) in [7, 11) is 0. The number of benzene rings is 2. The molecule has 3 aromatic rings. The Morgan fingerprint density at radius 2 is 1.85 bits per heavy atom. The van der Waals surface area contributed by atoms with Crippen molar-refractivity contribution >= 4 is 10.9 Å². The zero-order valence-corrected chi connectivity index (χ0v) is 19.0. The Kier molecular flexibility index (Phi) is 7.08. The molecule has 184 valence electrons. The van der Waals surface area contributed by atoms with E-state index in [2.05, 4.69) is 10.2 Å². The zero-order valence-electron chi connectivity index (χ0n) is 19.0. The fourth-order valence-electron chi connectivity index (χ4n) is 4.14. The van der Waals surface area contributed by atoms with Crippen molar-refractivity contribution in [2.24, 2.45) is 0 Å². The minimum absolute atomic E-state index is 0.157. The van der Waals surface area contributed by atoms with E-state index in [1.807, 2.05) is 44.2 Å². The van der Waals surface area contributed by atoms with Gasteiger partial charge in [-0.25, -0.2) is 0 Å². The van der Waals surface area contributed by atoms with Crippen molar-refractivity contribution in [3.05, 3.63) is 53.2 Å². The summed E-state index contributed by atoms with van der Waals surface area (Å²) in [5, 5.41) is 59.2. The number of aromatic nitrogens is 2. The summed E-state index contributed by atoms with van der Waals surface area (Å²) >= 11 is 0. The Bertz CT molecular complexity index is 1120. The second-order valence-corrected chi connectivity index (χ2v) is 8.43. The number of rotatable bonds is 8. The molecule has 1 fully saturated rings. The lowest BCUT2D eigenvalue weighted by Crippen LogP contribution is -2.69. The van der Waals surface area contributed by atoms with Gasteiger partial charge in [0.05, 0.1) is 29.8 Å². The molecule has 1 aromatic heterocycles. The molecule has 34 heavy (non-hydrogen) atoms. The minimum atomic E-state index is -2.67. The molecular weight excluding hydrogens is 444 g/mol. The summed E-state index contributed by atoms with van der Waals surface area (Å²) in [6.45, 7) is 3.69. The molecule has 1 saturated heterocycles. The molecule has 5 atom stereocenters. The van der Waals surface area contributed by atoms with Gasteiger partial charge in [-0.1, -0.05) is 12.1 Å². The number of aromatic amines is 1. The number of nitrogens with zero attached hydrogens (tertiary/aromatic N) is 1. The summed E-state index contributed by atoms with van der Waals surface area (Å²) in [5.41, 5.74) is 3.17. The molecule has 0 spiro atoms. The van der Waals surface area contributed by atoms with Crippen LogP contribution in [0, 0.1) is 6.92 Å².